The molecule has 0 amide bonds. The minimum atomic E-state index is 0.667. The fraction of sp³-hybridized carbons (Fsp3) is 0.226. The minimum Gasteiger partial charge on any atom is -0.368 e. The summed E-state index contributed by atoms with van der Waals surface area (Å²) in [6.45, 7) is 7.91. The second kappa shape index (κ2) is 9.05. The quantitative estimate of drug-likeness (QED) is 0.328. The first kappa shape index (κ1) is 22.2. The Balaban J connectivity index is 1.52. The Kier molecular flexibility index (Phi) is 5.58. The van der Waals surface area contributed by atoms with E-state index in [0.717, 1.165) is 54.8 Å². The highest BCUT2D eigenvalue weighted by Gasteiger charge is 2.27. The molecule has 0 aliphatic carbocycles. The molecule has 1 saturated heterocycles. The number of benzene rings is 3. The third kappa shape index (κ3) is 3.76. The highest BCUT2D eigenvalue weighted by molar-refractivity contribution is 5.86. The van der Waals surface area contributed by atoms with Crippen molar-refractivity contribution in [2.45, 2.75) is 20.3 Å². The van der Waals surface area contributed by atoms with Crippen molar-refractivity contribution in [2.24, 2.45) is 0 Å². The van der Waals surface area contributed by atoms with Crippen LogP contribution in [-0.4, -0.2) is 35.6 Å². The van der Waals surface area contributed by atoms with Crippen LogP contribution in [0.15, 0.2) is 78.9 Å². The zero-order valence-electron chi connectivity index (χ0n) is 20.8. The van der Waals surface area contributed by atoms with E-state index < -0.39 is 0 Å². The lowest BCUT2D eigenvalue weighted by Crippen LogP contribution is -2.47. The molecule has 2 aromatic heterocycles. The van der Waals surface area contributed by atoms with Gasteiger partial charge in [-0.1, -0.05) is 60.2 Å². The van der Waals surface area contributed by atoms with E-state index in [0.29, 0.717) is 5.56 Å². The van der Waals surface area contributed by atoms with E-state index in [1.54, 1.807) is 0 Å². The van der Waals surface area contributed by atoms with Crippen molar-refractivity contribution in [3.8, 4) is 6.07 Å². The molecule has 3 aromatic carbocycles. The maximum atomic E-state index is 10.2. The molecule has 0 unspecified atom stereocenters. The van der Waals surface area contributed by atoms with Gasteiger partial charge in [0.05, 0.1) is 16.6 Å². The molecule has 5 aromatic rings. The average Bonchev–Trinajstić information content (AvgIpc) is 3.30. The summed E-state index contributed by atoms with van der Waals surface area (Å²) in [5, 5.41) is 10.2. The third-order valence-electron chi connectivity index (χ3n) is 7.41. The van der Waals surface area contributed by atoms with Crippen LogP contribution in [0.2, 0.25) is 0 Å². The number of aryl methyl sites for hydroxylation is 1. The topological polar surface area (TPSA) is 47.6 Å². The van der Waals surface area contributed by atoms with Gasteiger partial charge in [-0.2, -0.15) is 5.26 Å². The van der Waals surface area contributed by atoms with Gasteiger partial charge >= 0.3 is 0 Å². The summed E-state index contributed by atoms with van der Waals surface area (Å²) in [5.41, 5.74) is 9.40. The number of hydrogen-bond acceptors (Lipinski definition) is 4. The average molecular weight is 472 g/mol. The minimum absolute atomic E-state index is 0.667. The van der Waals surface area contributed by atoms with Crippen LogP contribution in [-0.2, 0) is 6.42 Å². The number of nitrogens with zero attached hydrogens (tertiary/aromatic N) is 5. The van der Waals surface area contributed by atoms with Gasteiger partial charge in [-0.05, 0) is 49.2 Å². The van der Waals surface area contributed by atoms with Crippen LogP contribution in [0.4, 0.5) is 11.5 Å². The molecule has 5 nitrogen and oxygen atoms in total. The Bertz CT molecular complexity index is 1580. The van der Waals surface area contributed by atoms with Gasteiger partial charge in [0, 0.05) is 43.9 Å². The van der Waals surface area contributed by atoms with Crippen LogP contribution in [0.25, 0.3) is 16.7 Å². The Morgan fingerprint density at radius 1 is 0.806 bits per heavy atom. The lowest BCUT2D eigenvalue weighted by molar-refractivity contribution is 0.643. The number of pyridine rings is 1. The SMILES string of the molecule is Cc1ccc(Cc2c(C)c(C#N)c3nc4ccccc4n3c2N2CCN(c3ccccc3)CC2)cc1. The third-order valence-corrected chi connectivity index (χ3v) is 7.41. The maximum absolute atomic E-state index is 10.2. The van der Waals surface area contributed by atoms with Crippen molar-refractivity contribution in [3.05, 3.63) is 107 Å². The van der Waals surface area contributed by atoms with Gasteiger partial charge in [0.25, 0.3) is 0 Å². The van der Waals surface area contributed by atoms with E-state index >= 15 is 0 Å². The molecule has 178 valence electrons. The predicted molar refractivity (Wildman–Crippen MR) is 147 cm³/mol. The molecular formula is C31H29N5. The summed E-state index contributed by atoms with van der Waals surface area (Å²) in [6.07, 6.45) is 0.775. The molecule has 0 spiro atoms. The highest BCUT2D eigenvalue weighted by atomic mass is 15.3. The number of anilines is 2. The molecule has 6 rings (SSSR count). The van der Waals surface area contributed by atoms with E-state index in [4.69, 9.17) is 4.98 Å². The van der Waals surface area contributed by atoms with E-state index in [2.05, 4.69) is 101 Å². The van der Waals surface area contributed by atoms with Crippen LogP contribution >= 0.6 is 0 Å². The van der Waals surface area contributed by atoms with Gasteiger partial charge < -0.3 is 9.80 Å². The number of aromatic nitrogens is 2. The summed E-state index contributed by atoms with van der Waals surface area (Å²) < 4.78 is 2.24. The lowest BCUT2D eigenvalue weighted by atomic mass is 9.96. The Labute approximate surface area is 211 Å². The van der Waals surface area contributed by atoms with Crippen LogP contribution in [0.1, 0.15) is 27.8 Å². The number of para-hydroxylation sites is 3. The van der Waals surface area contributed by atoms with E-state index in [9.17, 15) is 5.26 Å². The van der Waals surface area contributed by atoms with Gasteiger partial charge in [-0.15, -0.1) is 0 Å². The molecule has 0 saturated carbocycles. The van der Waals surface area contributed by atoms with Gasteiger partial charge in [0.2, 0.25) is 0 Å². The Hall–Kier alpha value is -4.30. The molecule has 0 bridgehead atoms. The number of imidazole rings is 1. The summed E-state index contributed by atoms with van der Waals surface area (Å²) in [7, 11) is 0. The van der Waals surface area contributed by atoms with Crippen molar-refractivity contribution in [3.63, 3.8) is 0 Å². The molecule has 0 N–H and O–H groups in total. The van der Waals surface area contributed by atoms with E-state index in [1.807, 2.05) is 12.1 Å². The number of rotatable bonds is 4. The molecule has 1 aliphatic heterocycles. The largest absolute Gasteiger partial charge is 0.368 e. The van der Waals surface area contributed by atoms with Gasteiger partial charge in [-0.25, -0.2) is 4.98 Å². The van der Waals surface area contributed by atoms with Crippen LogP contribution in [0, 0.1) is 25.2 Å². The fourth-order valence-electron chi connectivity index (χ4n) is 5.43. The zero-order valence-corrected chi connectivity index (χ0v) is 20.8. The molecule has 1 fully saturated rings. The van der Waals surface area contributed by atoms with E-state index in [1.165, 1.54) is 28.2 Å². The fourth-order valence-corrected chi connectivity index (χ4v) is 5.43. The second-order valence-corrected chi connectivity index (χ2v) is 9.65. The zero-order chi connectivity index (χ0) is 24.6. The molecular weight excluding hydrogens is 442 g/mol. The van der Waals surface area contributed by atoms with E-state index in [-0.39, 0.29) is 0 Å². The molecule has 1 aliphatic rings. The first-order valence-electron chi connectivity index (χ1n) is 12.6. The van der Waals surface area contributed by atoms with Crippen molar-refractivity contribution >= 4 is 28.2 Å². The predicted octanol–water partition coefficient (Wildman–Crippen LogP) is 5.89. The number of nitriles is 1. The normalized spacial score (nSPS) is 13.9. The monoisotopic (exact) mass is 471 g/mol. The van der Waals surface area contributed by atoms with Crippen molar-refractivity contribution in [1.82, 2.24) is 9.38 Å². The second-order valence-electron chi connectivity index (χ2n) is 9.65. The summed E-state index contributed by atoms with van der Waals surface area (Å²) >= 11 is 0. The van der Waals surface area contributed by atoms with Gasteiger partial charge in [0.15, 0.2) is 5.65 Å². The van der Waals surface area contributed by atoms with Crippen LogP contribution in [0.3, 0.4) is 0 Å². The number of hydrogen-bond donors (Lipinski definition) is 0. The highest BCUT2D eigenvalue weighted by Crippen LogP contribution is 2.35. The van der Waals surface area contributed by atoms with Gasteiger partial charge in [0.1, 0.15) is 11.9 Å². The number of fused-ring (bicyclic) bond motifs is 3. The van der Waals surface area contributed by atoms with Crippen molar-refractivity contribution in [2.75, 3.05) is 36.0 Å². The smallest absolute Gasteiger partial charge is 0.157 e. The molecule has 3 heterocycles. The van der Waals surface area contributed by atoms with Crippen LogP contribution in [0.5, 0.6) is 0 Å². The summed E-state index contributed by atoms with van der Waals surface area (Å²) in [4.78, 5) is 9.88. The summed E-state index contributed by atoms with van der Waals surface area (Å²) in [5.74, 6) is 1.17. The van der Waals surface area contributed by atoms with Crippen LogP contribution < -0.4 is 9.80 Å². The summed E-state index contributed by atoms with van der Waals surface area (Å²) in [6, 6.07) is 30.1. The Morgan fingerprint density at radius 2 is 1.47 bits per heavy atom. The van der Waals surface area contributed by atoms with Crippen molar-refractivity contribution < 1.29 is 0 Å². The number of piperazine rings is 1. The maximum Gasteiger partial charge on any atom is 0.157 e. The molecule has 0 atom stereocenters. The van der Waals surface area contributed by atoms with Gasteiger partial charge in [-0.3, -0.25) is 4.40 Å². The standard InChI is InChI=1S/C31H29N5/c1-22-12-14-24(15-13-22)20-26-23(2)27(21-32)30-33-28-10-6-7-11-29(28)36(30)31(26)35-18-16-34(17-19-35)25-8-4-3-5-9-25/h3-15H,16-20H2,1-2H3. The lowest BCUT2D eigenvalue weighted by Gasteiger charge is -2.39. The first-order chi connectivity index (χ1) is 17.6. The molecule has 36 heavy (non-hydrogen) atoms. The molecule has 5 heteroatoms. The first-order valence-corrected chi connectivity index (χ1v) is 12.6. The molecule has 0 radical (unpaired) electrons. The Morgan fingerprint density at radius 3 is 2.19 bits per heavy atom. The van der Waals surface area contributed by atoms with Crippen molar-refractivity contribution in [1.29, 1.82) is 5.26 Å².